The second-order valence-corrected chi connectivity index (χ2v) is 5.09. The Bertz CT molecular complexity index is 424. The van der Waals surface area contributed by atoms with E-state index in [0.29, 0.717) is 12.5 Å². The van der Waals surface area contributed by atoms with Gasteiger partial charge in [-0.2, -0.15) is 5.10 Å². The Kier molecular flexibility index (Phi) is 8.16. The maximum Gasteiger partial charge on any atom is 0.223 e. The molecule has 1 aromatic heterocycles. The van der Waals surface area contributed by atoms with Crippen molar-refractivity contribution < 1.29 is 4.79 Å². The van der Waals surface area contributed by atoms with Gasteiger partial charge in [-0.1, -0.05) is 0 Å². The summed E-state index contributed by atoms with van der Waals surface area (Å²) < 4.78 is 1.77. The lowest BCUT2D eigenvalue weighted by Crippen LogP contribution is -2.57. The lowest BCUT2D eigenvalue weighted by atomic mass is 10.1. The van der Waals surface area contributed by atoms with E-state index in [0.717, 1.165) is 25.1 Å². The molecule has 1 fully saturated rings. The number of piperazine rings is 1. The van der Waals surface area contributed by atoms with Crippen molar-refractivity contribution in [2.45, 2.75) is 38.8 Å². The van der Waals surface area contributed by atoms with E-state index in [9.17, 15) is 4.79 Å². The minimum Gasteiger partial charge on any atom is -0.337 e. The summed E-state index contributed by atoms with van der Waals surface area (Å²) in [4.78, 5) is 14.2. The molecule has 20 heavy (non-hydrogen) atoms. The smallest absolute Gasteiger partial charge is 0.223 e. The minimum atomic E-state index is 0. The van der Waals surface area contributed by atoms with Crippen LogP contribution < -0.4 is 5.32 Å². The number of aryl methyl sites for hydroxylation is 2. The van der Waals surface area contributed by atoms with Crippen molar-refractivity contribution in [3.63, 3.8) is 0 Å². The number of carbonyl (C=O) groups excluding carboxylic acids is 1. The van der Waals surface area contributed by atoms with Crippen LogP contribution in [0.4, 0.5) is 0 Å². The van der Waals surface area contributed by atoms with Gasteiger partial charge in [-0.05, 0) is 25.8 Å². The van der Waals surface area contributed by atoms with Crippen LogP contribution in [0.5, 0.6) is 0 Å². The quantitative estimate of drug-likeness (QED) is 0.915. The van der Waals surface area contributed by atoms with Crippen LogP contribution in [-0.4, -0.2) is 45.8 Å². The Morgan fingerprint density at radius 3 is 2.75 bits per heavy atom. The predicted molar refractivity (Wildman–Crippen MR) is 84.7 cm³/mol. The highest BCUT2D eigenvalue weighted by molar-refractivity contribution is 5.85. The third-order valence-corrected chi connectivity index (χ3v) is 3.74. The summed E-state index contributed by atoms with van der Waals surface area (Å²) in [6.45, 7) is 5.95. The number of amides is 1. The molecule has 1 aliphatic rings. The van der Waals surface area contributed by atoms with E-state index >= 15 is 0 Å². The Morgan fingerprint density at radius 2 is 2.15 bits per heavy atom. The van der Waals surface area contributed by atoms with E-state index < -0.39 is 0 Å². The maximum atomic E-state index is 12.2. The van der Waals surface area contributed by atoms with Crippen molar-refractivity contribution in [3.05, 3.63) is 18.0 Å². The molecule has 1 aromatic rings. The zero-order chi connectivity index (χ0) is 13.1. The molecule has 1 aliphatic heterocycles. The van der Waals surface area contributed by atoms with Crippen LogP contribution in [0.15, 0.2) is 12.4 Å². The largest absolute Gasteiger partial charge is 0.337 e. The molecule has 1 saturated heterocycles. The van der Waals surface area contributed by atoms with E-state index in [2.05, 4.69) is 24.3 Å². The van der Waals surface area contributed by atoms with Crippen LogP contribution in [-0.2, 0) is 18.3 Å². The molecule has 0 spiro atoms. The first-order valence-corrected chi connectivity index (χ1v) is 6.58. The monoisotopic (exact) mass is 322 g/mol. The fourth-order valence-corrected chi connectivity index (χ4v) is 2.40. The van der Waals surface area contributed by atoms with Gasteiger partial charge in [0.2, 0.25) is 5.91 Å². The zero-order valence-electron chi connectivity index (χ0n) is 12.2. The molecule has 2 heterocycles. The van der Waals surface area contributed by atoms with Crippen molar-refractivity contribution in [1.82, 2.24) is 20.0 Å². The van der Waals surface area contributed by atoms with Crippen LogP contribution in [0.25, 0.3) is 0 Å². The van der Waals surface area contributed by atoms with Crippen molar-refractivity contribution in [1.29, 1.82) is 0 Å². The van der Waals surface area contributed by atoms with E-state index in [-0.39, 0.29) is 36.8 Å². The topological polar surface area (TPSA) is 50.2 Å². The summed E-state index contributed by atoms with van der Waals surface area (Å²) in [5, 5.41) is 7.50. The van der Waals surface area contributed by atoms with Gasteiger partial charge in [0.05, 0.1) is 6.20 Å². The number of halogens is 2. The molecule has 116 valence electrons. The standard InChI is InChI=1S/C13H22N4O.2ClH/c1-10-11(2)17(7-6-14-10)13(18)5-4-12-8-15-16(3)9-12;;/h8-11,14H,4-7H2,1-3H3;2*1H. The van der Waals surface area contributed by atoms with E-state index in [1.165, 1.54) is 0 Å². The molecule has 5 nitrogen and oxygen atoms in total. The normalized spacial score (nSPS) is 21.9. The summed E-state index contributed by atoms with van der Waals surface area (Å²) >= 11 is 0. The van der Waals surface area contributed by atoms with Crippen LogP contribution in [0.3, 0.4) is 0 Å². The maximum absolute atomic E-state index is 12.2. The van der Waals surface area contributed by atoms with Gasteiger partial charge in [-0.15, -0.1) is 24.8 Å². The highest BCUT2D eigenvalue weighted by atomic mass is 35.5. The number of rotatable bonds is 3. The van der Waals surface area contributed by atoms with Gasteiger partial charge in [-0.3, -0.25) is 9.48 Å². The average Bonchev–Trinajstić information content (AvgIpc) is 2.76. The number of hydrogen-bond donors (Lipinski definition) is 1. The number of aromatic nitrogens is 2. The molecule has 2 atom stereocenters. The summed E-state index contributed by atoms with van der Waals surface area (Å²) in [5.74, 6) is 0.250. The lowest BCUT2D eigenvalue weighted by molar-refractivity contribution is -0.134. The Labute approximate surface area is 132 Å². The van der Waals surface area contributed by atoms with Gasteiger partial charge in [0.25, 0.3) is 0 Å². The minimum absolute atomic E-state index is 0. The highest BCUT2D eigenvalue weighted by Gasteiger charge is 2.27. The first-order valence-electron chi connectivity index (χ1n) is 6.58. The van der Waals surface area contributed by atoms with Crippen molar-refractivity contribution >= 4 is 30.7 Å². The molecule has 0 radical (unpaired) electrons. The fourth-order valence-electron chi connectivity index (χ4n) is 2.40. The second kappa shape index (κ2) is 8.49. The second-order valence-electron chi connectivity index (χ2n) is 5.09. The molecule has 2 rings (SSSR count). The number of nitrogens with one attached hydrogen (secondary N) is 1. The van der Waals surface area contributed by atoms with Gasteiger partial charge < -0.3 is 10.2 Å². The fraction of sp³-hybridized carbons (Fsp3) is 0.692. The Hall–Kier alpha value is -0.780. The summed E-state index contributed by atoms with van der Waals surface area (Å²) in [7, 11) is 1.89. The predicted octanol–water partition coefficient (Wildman–Crippen LogP) is 1.41. The first kappa shape index (κ1) is 19.2. The number of carbonyl (C=O) groups is 1. The molecule has 0 aromatic carbocycles. The van der Waals surface area contributed by atoms with E-state index in [1.807, 2.05) is 24.3 Å². The van der Waals surface area contributed by atoms with Gasteiger partial charge in [0, 0.05) is 44.8 Å². The van der Waals surface area contributed by atoms with Crippen molar-refractivity contribution in [2.24, 2.45) is 7.05 Å². The van der Waals surface area contributed by atoms with Crippen molar-refractivity contribution in [3.8, 4) is 0 Å². The van der Waals surface area contributed by atoms with E-state index in [1.54, 1.807) is 4.68 Å². The van der Waals surface area contributed by atoms with E-state index in [4.69, 9.17) is 0 Å². The summed E-state index contributed by atoms with van der Waals surface area (Å²) in [5.41, 5.74) is 1.13. The van der Waals surface area contributed by atoms with Crippen LogP contribution >= 0.6 is 24.8 Å². The molecule has 7 heteroatoms. The highest BCUT2D eigenvalue weighted by Crippen LogP contribution is 2.12. The van der Waals surface area contributed by atoms with Gasteiger partial charge in [0.1, 0.15) is 0 Å². The van der Waals surface area contributed by atoms with Crippen LogP contribution in [0.2, 0.25) is 0 Å². The van der Waals surface area contributed by atoms with Gasteiger partial charge in [-0.25, -0.2) is 0 Å². The molecular weight excluding hydrogens is 299 g/mol. The SMILES string of the molecule is CC1NCCN(C(=O)CCc2cnn(C)c2)C1C.Cl.Cl. The molecule has 2 unspecified atom stereocenters. The van der Waals surface area contributed by atoms with Crippen LogP contribution in [0, 0.1) is 0 Å². The van der Waals surface area contributed by atoms with Gasteiger partial charge >= 0.3 is 0 Å². The van der Waals surface area contributed by atoms with Crippen LogP contribution in [0.1, 0.15) is 25.8 Å². The third kappa shape index (κ3) is 4.65. The Morgan fingerprint density at radius 1 is 1.45 bits per heavy atom. The zero-order valence-corrected chi connectivity index (χ0v) is 13.8. The third-order valence-electron chi connectivity index (χ3n) is 3.74. The molecule has 0 aliphatic carbocycles. The van der Waals surface area contributed by atoms with Gasteiger partial charge in [0.15, 0.2) is 0 Å². The Balaban J connectivity index is 0.00000180. The summed E-state index contributed by atoms with van der Waals surface area (Å²) in [6.07, 6.45) is 5.15. The number of hydrogen-bond acceptors (Lipinski definition) is 3. The molecule has 0 saturated carbocycles. The average molecular weight is 323 g/mol. The molecule has 0 bridgehead atoms. The number of nitrogens with zero attached hydrogens (tertiary/aromatic N) is 3. The first-order chi connectivity index (χ1) is 8.58. The summed E-state index contributed by atoms with van der Waals surface area (Å²) in [6, 6.07) is 0.654. The molecular formula is C13H24Cl2N4O. The lowest BCUT2D eigenvalue weighted by Gasteiger charge is -2.38. The van der Waals surface area contributed by atoms with Crippen molar-refractivity contribution in [2.75, 3.05) is 13.1 Å². The molecule has 1 amide bonds. The molecule has 1 N–H and O–H groups in total.